The van der Waals surface area contributed by atoms with Crippen molar-refractivity contribution in [3.05, 3.63) is 64.7 Å². The van der Waals surface area contributed by atoms with Crippen LogP contribution in [0.5, 0.6) is 5.75 Å². The number of aliphatic hydroxyl groups excluding tert-OH is 4. The molecule has 0 spiro atoms. The molecule has 0 saturated carbocycles. The van der Waals surface area contributed by atoms with E-state index in [4.69, 9.17) is 19.3 Å². The third kappa shape index (κ3) is 4.92. The van der Waals surface area contributed by atoms with E-state index in [-0.39, 0.29) is 6.10 Å². The van der Waals surface area contributed by atoms with Gasteiger partial charge in [0.05, 0.1) is 19.8 Å². The number of hydrogen-bond acceptors (Lipinski definition) is 7. The monoisotopic (exact) mass is 430 g/mol. The molecule has 2 aromatic carbocycles. The van der Waals surface area contributed by atoms with E-state index in [1.807, 2.05) is 49.4 Å². The molecule has 2 heterocycles. The molecule has 0 aliphatic carbocycles. The predicted molar refractivity (Wildman–Crippen MR) is 113 cm³/mol. The summed E-state index contributed by atoms with van der Waals surface area (Å²) in [6, 6.07) is 13.8. The van der Waals surface area contributed by atoms with E-state index in [0.29, 0.717) is 13.0 Å². The summed E-state index contributed by atoms with van der Waals surface area (Å²) in [7, 11) is 0. The first kappa shape index (κ1) is 22.2. The van der Waals surface area contributed by atoms with E-state index in [0.717, 1.165) is 41.0 Å². The lowest BCUT2D eigenvalue weighted by molar-refractivity contribution is -0.0820. The Labute approximate surface area is 181 Å². The highest BCUT2D eigenvalue weighted by atomic mass is 16.6. The van der Waals surface area contributed by atoms with Gasteiger partial charge in [0.15, 0.2) is 0 Å². The van der Waals surface area contributed by atoms with Crippen molar-refractivity contribution in [1.82, 2.24) is 0 Å². The third-order valence-electron chi connectivity index (χ3n) is 6.08. The molecule has 4 N–H and O–H groups in total. The molecule has 2 fully saturated rings. The summed E-state index contributed by atoms with van der Waals surface area (Å²) >= 11 is 0. The normalized spacial score (nSPS) is 29.3. The Hall–Kier alpha value is -2.00. The van der Waals surface area contributed by atoms with Gasteiger partial charge in [-0.1, -0.05) is 30.3 Å². The first-order chi connectivity index (χ1) is 15.0. The van der Waals surface area contributed by atoms with Crippen LogP contribution in [-0.2, 0) is 15.9 Å². The minimum absolute atomic E-state index is 0.117. The second kappa shape index (κ2) is 9.65. The lowest BCUT2D eigenvalue weighted by Crippen LogP contribution is -2.40. The highest BCUT2D eigenvalue weighted by Gasteiger charge is 2.46. The van der Waals surface area contributed by atoms with Crippen LogP contribution in [-0.4, -0.2) is 70.8 Å². The maximum Gasteiger partial charge on any atom is 0.124 e. The van der Waals surface area contributed by atoms with Gasteiger partial charge >= 0.3 is 0 Å². The van der Waals surface area contributed by atoms with Crippen molar-refractivity contribution in [2.45, 2.75) is 56.4 Å². The van der Waals surface area contributed by atoms with Gasteiger partial charge in [-0.25, -0.2) is 0 Å². The second-order valence-corrected chi connectivity index (χ2v) is 8.36. The topological polar surface area (TPSA) is 109 Å². The minimum Gasteiger partial charge on any atom is -0.488 e. The van der Waals surface area contributed by atoms with Crippen molar-refractivity contribution in [2.24, 2.45) is 0 Å². The number of benzene rings is 2. The lowest BCUT2D eigenvalue weighted by Gasteiger charge is -2.19. The van der Waals surface area contributed by atoms with Crippen LogP contribution in [0, 0.1) is 6.92 Å². The molecule has 0 radical (unpaired) electrons. The van der Waals surface area contributed by atoms with Gasteiger partial charge in [-0.15, -0.1) is 0 Å². The molecule has 2 unspecified atom stereocenters. The quantitative estimate of drug-likeness (QED) is 0.524. The fourth-order valence-electron chi connectivity index (χ4n) is 4.16. The molecule has 6 atom stereocenters. The molecule has 31 heavy (non-hydrogen) atoms. The maximum absolute atomic E-state index is 10.4. The summed E-state index contributed by atoms with van der Waals surface area (Å²) in [6.45, 7) is 2.85. The van der Waals surface area contributed by atoms with Gasteiger partial charge in [-0.2, -0.15) is 0 Å². The van der Waals surface area contributed by atoms with Crippen molar-refractivity contribution in [3.63, 3.8) is 0 Å². The van der Waals surface area contributed by atoms with E-state index in [2.05, 4.69) is 0 Å². The van der Waals surface area contributed by atoms with E-state index in [9.17, 15) is 15.3 Å². The molecule has 2 aliphatic rings. The second-order valence-electron chi connectivity index (χ2n) is 8.36. The summed E-state index contributed by atoms with van der Waals surface area (Å²) < 4.78 is 17.0. The number of ether oxygens (including phenoxy) is 3. The zero-order valence-corrected chi connectivity index (χ0v) is 17.6. The minimum atomic E-state index is -1.27. The summed E-state index contributed by atoms with van der Waals surface area (Å²) in [5, 5.41) is 39.7. The molecule has 2 aromatic rings. The molecule has 0 bridgehead atoms. The van der Waals surface area contributed by atoms with Crippen LogP contribution in [0.1, 0.15) is 34.8 Å². The van der Waals surface area contributed by atoms with Crippen LogP contribution in [0.4, 0.5) is 0 Å². The maximum atomic E-state index is 10.4. The van der Waals surface area contributed by atoms with Crippen LogP contribution in [0.25, 0.3) is 0 Å². The average molecular weight is 430 g/mol. The summed E-state index contributed by atoms with van der Waals surface area (Å²) in [5.74, 6) is 0.828. The molecular formula is C24H30O7. The van der Waals surface area contributed by atoms with E-state index < -0.39 is 37.1 Å². The van der Waals surface area contributed by atoms with Crippen LogP contribution in [0.15, 0.2) is 42.5 Å². The predicted octanol–water partition coefficient (Wildman–Crippen LogP) is 1.27. The molecule has 168 valence electrons. The summed E-state index contributed by atoms with van der Waals surface area (Å²) in [5.41, 5.74) is 4.02. The molecule has 0 amide bonds. The largest absolute Gasteiger partial charge is 0.488 e. The Bertz CT molecular complexity index is 863. The van der Waals surface area contributed by atoms with Crippen molar-refractivity contribution in [3.8, 4) is 5.75 Å². The molecule has 2 aliphatic heterocycles. The molecule has 2 saturated heterocycles. The van der Waals surface area contributed by atoms with Gasteiger partial charge in [0, 0.05) is 6.42 Å². The Balaban J connectivity index is 1.47. The van der Waals surface area contributed by atoms with Gasteiger partial charge in [0.2, 0.25) is 0 Å². The van der Waals surface area contributed by atoms with Crippen molar-refractivity contribution < 1.29 is 34.6 Å². The zero-order valence-electron chi connectivity index (χ0n) is 17.6. The van der Waals surface area contributed by atoms with E-state index in [1.54, 1.807) is 0 Å². The standard InChI is InChI=1S/C24H30O7/c1-14-2-5-16(23-21(27)22(28)24(31-23)20(26)12-25)11-17(14)10-15-3-6-18(7-4-15)30-19-8-9-29-13-19/h2-7,11,19-28H,8-10,12-13H2,1H3/t19-,20?,21+,22+,23+,24?/m1/s1. The van der Waals surface area contributed by atoms with E-state index in [1.165, 1.54) is 0 Å². The van der Waals surface area contributed by atoms with Crippen LogP contribution in [0.2, 0.25) is 0 Å². The molecule has 7 heteroatoms. The lowest BCUT2D eigenvalue weighted by atomic mass is 9.94. The highest BCUT2D eigenvalue weighted by Crippen LogP contribution is 2.36. The molecule has 0 aromatic heterocycles. The highest BCUT2D eigenvalue weighted by molar-refractivity contribution is 5.38. The number of hydrogen-bond donors (Lipinski definition) is 4. The van der Waals surface area contributed by atoms with Crippen LogP contribution < -0.4 is 4.74 Å². The SMILES string of the molecule is Cc1ccc([C@@H]2OC(C(O)CO)[C@@H](O)[C@@H]2O)cc1Cc1ccc(O[C@@H]2CCOC2)cc1. The van der Waals surface area contributed by atoms with Crippen LogP contribution >= 0.6 is 0 Å². The smallest absolute Gasteiger partial charge is 0.124 e. The van der Waals surface area contributed by atoms with Gasteiger partial charge in [-0.05, 0) is 47.7 Å². The number of rotatable bonds is 7. The van der Waals surface area contributed by atoms with Gasteiger partial charge in [0.25, 0.3) is 0 Å². The Morgan fingerprint density at radius 2 is 1.87 bits per heavy atom. The number of aryl methyl sites for hydroxylation is 1. The van der Waals surface area contributed by atoms with Crippen molar-refractivity contribution >= 4 is 0 Å². The Kier molecular flexibility index (Phi) is 6.91. The molecular weight excluding hydrogens is 400 g/mol. The van der Waals surface area contributed by atoms with Gasteiger partial charge in [-0.3, -0.25) is 0 Å². The van der Waals surface area contributed by atoms with Gasteiger partial charge in [0.1, 0.15) is 42.4 Å². The molecule has 4 rings (SSSR count). The Morgan fingerprint density at radius 3 is 2.55 bits per heavy atom. The first-order valence-electron chi connectivity index (χ1n) is 10.7. The average Bonchev–Trinajstić information content (AvgIpc) is 3.39. The zero-order chi connectivity index (χ0) is 22.0. The summed E-state index contributed by atoms with van der Waals surface area (Å²) in [6.07, 6.45) is -3.79. The van der Waals surface area contributed by atoms with Crippen molar-refractivity contribution in [2.75, 3.05) is 19.8 Å². The Morgan fingerprint density at radius 1 is 1.10 bits per heavy atom. The third-order valence-corrected chi connectivity index (χ3v) is 6.08. The fraction of sp³-hybridized carbons (Fsp3) is 0.500. The fourth-order valence-corrected chi connectivity index (χ4v) is 4.16. The van der Waals surface area contributed by atoms with E-state index >= 15 is 0 Å². The number of aliphatic hydroxyl groups is 4. The van der Waals surface area contributed by atoms with Crippen molar-refractivity contribution in [1.29, 1.82) is 0 Å². The van der Waals surface area contributed by atoms with Crippen LogP contribution in [0.3, 0.4) is 0 Å². The summed E-state index contributed by atoms with van der Waals surface area (Å²) in [4.78, 5) is 0. The first-order valence-corrected chi connectivity index (χ1v) is 10.7. The van der Waals surface area contributed by atoms with Gasteiger partial charge < -0.3 is 34.6 Å². The molecule has 7 nitrogen and oxygen atoms in total.